The number of nitrogens with zero attached hydrogens (tertiary/aromatic N) is 3. The quantitative estimate of drug-likeness (QED) is 0.641. The number of aryl methyl sites for hydroxylation is 3. The van der Waals surface area contributed by atoms with Crippen LogP contribution in [0, 0.1) is 13.8 Å². The molecule has 2 N–H and O–H groups in total. The molecule has 29 heavy (non-hydrogen) atoms. The van der Waals surface area contributed by atoms with Crippen molar-refractivity contribution in [2.24, 2.45) is 0 Å². The number of carbonyl (C=O) groups is 1. The van der Waals surface area contributed by atoms with Crippen LogP contribution in [0.15, 0.2) is 47.6 Å². The summed E-state index contributed by atoms with van der Waals surface area (Å²) in [5.74, 6) is 0.736. The van der Waals surface area contributed by atoms with Gasteiger partial charge in [-0.2, -0.15) is 0 Å². The first-order chi connectivity index (χ1) is 14.0. The molecule has 1 aliphatic rings. The zero-order valence-electron chi connectivity index (χ0n) is 16.4. The summed E-state index contributed by atoms with van der Waals surface area (Å²) in [6.07, 6.45) is 0.750. The summed E-state index contributed by atoms with van der Waals surface area (Å²) >= 11 is 7.54. The molecule has 1 aromatic heterocycles. The molecule has 150 valence electrons. The number of rotatable bonds is 4. The first kappa shape index (κ1) is 19.8. The molecule has 0 aliphatic carbocycles. The minimum atomic E-state index is -0.419. The van der Waals surface area contributed by atoms with E-state index in [0.29, 0.717) is 15.9 Å². The first-order valence-corrected chi connectivity index (χ1v) is 10.7. The van der Waals surface area contributed by atoms with Gasteiger partial charge in [0.15, 0.2) is 5.82 Å². The van der Waals surface area contributed by atoms with Crippen molar-refractivity contribution in [2.75, 3.05) is 10.7 Å². The molecule has 2 heterocycles. The highest BCUT2D eigenvalue weighted by atomic mass is 35.5. The van der Waals surface area contributed by atoms with Gasteiger partial charge in [-0.3, -0.25) is 4.79 Å². The SMILES string of the molecule is CCc1nnc2n1N[C@H](c1ccc(C)cc1)[C@H](C(=O)Nc1cc(Cl)ccc1C)S2. The molecule has 0 saturated carbocycles. The summed E-state index contributed by atoms with van der Waals surface area (Å²) in [5.41, 5.74) is 7.34. The van der Waals surface area contributed by atoms with Crippen LogP contribution in [0.4, 0.5) is 5.69 Å². The molecule has 2 aromatic carbocycles. The minimum Gasteiger partial charge on any atom is -0.325 e. The molecule has 0 spiro atoms. The summed E-state index contributed by atoms with van der Waals surface area (Å²) in [5, 5.41) is 12.4. The molecular formula is C21H22ClN5OS. The second kappa shape index (κ2) is 8.08. The lowest BCUT2D eigenvalue weighted by Gasteiger charge is -2.33. The lowest BCUT2D eigenvalue weighted by molar-refractivity contribution is -0.116. The normalized spacial score (nSPS) is 18.1. The van der Waals surface area contributed by atoms with Crippen LogP contribution in [0.3, 0.4) is 0 Å². The van der Waals surface area contributed by atoms with Gasteiger partial charge < -0.3 is 10.7 Å². The number of aromatic nitrogens is 3. The Morgan fingerprint density at radius 2 is 1.97 bits per heavy atom. The summed E-state index contributed by atoms with van der Waals surface area (Å²) < 4.78 is 1.89. The van der Waals surface area contributed by atoms with Crippen molar-refractivity contribution in [3.8, 4) is 0 Å². The van der Waals surface area contributed by atoms with Gasteiger partial charge in [0.1, 0.15) is 5.25 Å². The number of halogens is 1. The third kappa shape index (κ3) is 3.97. The molecule has 0 bridgehead atoms. The molecular weight excluding hydrogens is 406 g/mol. The fourth-order valence-electron chi connectivity index (χ4n) is 3.28. The van der Waals surface area contributed by atoms with E-state index in [1.807, 2.05) is 37.6 Å². The molecule has 8 heteroatoms. The molecule has 2 atom stereocenters. The molecule has 4 rings (SSSR count). The number of fused-ring (bicyclic) bond motifs is 1. The molecule has 1 aliphatic heterocycles. The highest BCUT2D eigenvalue weighted by Gasteiger charge is 2.37. The van der Waals surface area contributed by atoms with Gasteiger partial charge in [0.05, 0.1) is 6.04 Å². The van der Waals surface area contributed by atoms with E-state index < -0.39 is 5.25 Å². The van der Waals surface area contributed by atoms with Crippen molar-refractivity contribution < 1.29 is 4.79 Å². The zero-order valence-corrected chi connectivity index (χ0v) is 18.0. The van der Waals surface area contributed by atoms with Gasteiger partial charge >= 0.3 is 0 Å². The van der Waals surface area contributed by atoms with Crippen molar-refractivity contribution in [1.29, 1.82) is 0 Å². The number of hydrogen-bond donors (Lipinski definition) is 2. The Balaban J connectivity index is 1.68. The smallest absolute Gasteiger partial charge is 0.240 e. The van der Waals surface area contributed by atoms with Crippen molar-refractivity contribution in [3.63, 3.8) is 0 Å². The monoisotopic (exact) mass is 427 g/mol. The third-order valence-corrected chi connectivity index (χ3v) is 6.42. The fraction of sp³-hybridized carbons (Fsp3) is 0.286. The Morgan fingerprint density at radius 3 is 2.69 bits per heavy atom. The van der Waals surface area contributed by atoms with Gasteiger partial charge in [0, 0.05) is 17.1 Å². The second-order valence-electron chi connectivity index (χ2n) is 7.09. The summed E-state index contributed by atoms with van der Waals surface area (Å²) in [6, 6.07) is 13.5. The van der Waals surface area contributed by atoms with E-state index in [2.05, 4.69) is 45.2 Å². The molecule has 3 aromatic rings. The number of carbonyl (C=O) groups excluding carboxylic acids is 1. The van der Waals surface area contributed by atoms with Gasteiger partial charge in [-0.05, 0) is 37.1 Å². The van der Waals surface area contributed by atoms with Crippen LogP contribution >= 0.6 is 23.4 Å². The lowest BCUT2D eigenvalue weighted by atomic mass is 10.0. The Morgan fingerprint density at radius 1 is 1.21 bits per heavy atom. The van der Waals surface area contributed by atoms with Crippen LogP contribution in [-0.4, -0.2) is 26.0 Å². The van der Waals surface area contributed by atoms with Crippen LogP contribution < -0.4 is 10.7 Å². The number of hydrogen-bond acceptors (Lipinski definition) is 5. The number of nitrogens with one attached hydrogen (secondary N) is 2. The average Bonchev–Trinajstić information content (AvgIpc) is 3.12. The van der Waals surface area contributed by atoms with Crippen molar-refractivity contribution in [2.45, 2.75) is 43.6 Å². The van der Waals surface area contributed by atoms with Gasteiger partial charge in [0.25, 0.3) is 0 Å². The Hall–Kier alpha value is -2.51. The molecule has 0 unspecified atom stereocenters. The van der Waals surface area contributed by atoms with E-state index in [4.69, 9.17) is 11.6 Å². The van der Waals surface area contributed by atoms with Crippen LogP contribution in [0.5, 0.6) is 0 Å². The van der Waals surface area contributed by atoms with Crippen molar-refractivity contribution in [1.82, 2.24) is 14.9 Å². The topological polar surface area (TPSA) is 71.8 Å². The summed E-state index contributed by atoms with van der Waals surface area (Å²) in [6.45, 7) is 6.02. The molecule has 0 radical (unpaired) electrons. The zero-order chi connectivity index (χ0) is 20.5. The van der Waals surface area contributed by atoms with Gasteiger partial charge in [-0.1, -0.05) is 66.2 Å². The van der Waals surface area contributed by atoms with E-state index >= 15 is 0 Å². The van der Waals surface area contributed by atoms with Gasteiger partial charge in [-0.15, -0.1) is 10.2 Å². The molecule has 6 nitrogen and oxygen atoms in total. The van der Waals surface area contributed by atoms with E-state index in [9.17, 15) is 4.79 Å². The van der Waals surface area contributed by atoms with Crippen molar-refractivity contribution in [3.05, 3.63) is 70.0 Å². The highest BCUT2D eigenvalue weighted by molar-refractivity contribution is 8.00. The summed E-state index contributed by atoms with van der Waals surface area (Å²) in [7, 11) is 0. The third-order valence-electron chi connectivity index (χ3n) is 4.97. The maximum Gasteiger partial charge on any atom is 0.240 e. The molecule has 0 saturated heterocycles. The number of benzene rings is 2. The maximum absolute atomic E-state index is 13.3. The average molecular weight is 428 g/mol. The number of thioether (sulfide) groups is 1. The van der Waals surface area contributed by atoms with Gasteiger partial charge in [-0.25, -0.2) is 4.68 Å². The minimum absolute atomic E-state index is 0.106. The van der Waals surface area contributed by atoms with Crippen LogP contribution in [0.2, 0.25) is 5.02 Å². The Labute approximate surface area is 179 Å². The highest BCUT2D eigenvalue weighted by Crippen LogP contribution is 2.38. The van der Waals surface area contributed by atoms with Crippen LogP contribution in [0.1, 0.15) is 35.5 Å². The standard InChI is InChI=1S/C21H22ClN5OS/c1-4-17-24-25-21-27(17)26-18(14-8-5-12(2)6-9-14)19(29-21)20(28)23-16-11-15(22)10-7-13(16)3/h5-11,18-19,26H,4H2,1-3H3,(H,23,28)/t18-,19-/m1/s1. The fourth-order valence-corrected chi connectivity index (χ4v) is 4.56. The Bertz CT molecular complexity index is 1050. The van der Waals surface area contributed by atoms with Crippen LogP contribution in [0.25, 0.3) is 0 Å². The molecule has 1 amide bonds. The Kier molecular flexibility index (Phi) is 5.52. The number of amides is 1. The largest absolute Gasteiger partial charge is 0.325 e. The number of anilines is 1. The summed E-state index contributed by atoms with van der Waals surface area (Å²) in [4.78, 5) is 13.3. The van der Waals surface area contributed by atoms with E-state index in [1.165, 1.54) is 17.3 Å². The molecule has 0 fully saturated rings. The van der Waals surface area contributed by atoms with E-state index in [1.54, 1.807) is 6.07 Å². The predicted molar refractivity (Wildman–Crippen MR) is 117 cm³/mol. The van der Waals surface area contributed by atoms with E-state index in [0.717, 1.165) is 23.4 Å². The van der Waals surface area contributed by atoms with Crippen LogP contribution in [-0.2, 0) is 11.2 Å². The maximum atomic E-state index is 13.3. The second-order valence-corrected chi connectivity index (χ2v) is 8.64. The predicted octanol–water partition coefficient (Wildman–Crippen LogP) is 4.51. The first-order valence-electron chi connectivity index (χ1n) is 9.47. The van der Waals surface area contributed by atoms with Gasteiger partial charge in [0.2, 0.25) is 11.1 Å². The lowest BCUT2D eigenvalue weighted by Crippen LogP contribution is -2.41. The van der Waals surface area contributed by atoms with E-state index in [-0.39, 0.29) is 11.9 Å². The van der Waals surface area contributed by atoms with Crippen molar-refractivity contribution >= 4 is 35.0 Å².